The van der Waals surface area contributed by atoms with Crippen molar-refractivity contribution in [2.75, 3.05) is 36.8 Å². The number of alkyl halides is 2. The molecule has 0 saturated carbocycles. The maximum atomic E-state index is 15.7. The molecule has 2 aliphatic rings. The molecule has 2 saturated heterocycles. The molecule has 24 nitrogen and oxygen atoms in total. The van der Waals surface area contributed by atoms with E-state index in [0.29, 0.717) is 42.7 Å². The van der Waals surface area contributed by atoms with Gasteiger partial charge in [0, 0.05) is 160 Å². The van der Waals surface area contributed by atoms with Gasteiger partial charge in [0.2, 0.25) is 23.6 Å². The van der Waals surface area contributed by atoms with Crippen LogP contribution in [0, 0.1) is 13.8 Å². The van der Waals surface area contributed by atoms with E-state index in [1.807, 2.05) is 6.07 Å². The smallest absolute Gasteiger partial charge is 0.248 e. The number of likely N-dealkylation sites (tertiary alicyclic amines) is 2. The third kappa shape index (κ3) is 23.3. The van der Waals surface area contributed by atoms with Crippen LogP contribution in [0.5, 0.6) is 0 Å². The van der Waals surface area contributed by atoms with Gasteiger partial charge in [0.15, 0.2) is 11.6 Å². The van der Waals surface area contributed by atoms with Gasteiger partial charge < -0.3 is 26.2 Å². The number of nitrogens with one attached hydrogen (secondary N) is 2. The quantitative estimate of drug-likeness (QED) is 0.0179. The normalized spacial score (nSPS) is 15.9. The first-order valence-corrected chi connectivity index (χ1v) is 45.1. The number of anilines is 2. The van der Waals surface area contributed by atoms with Crippen LogP contribution in [0.15, 0.2) is 203 Å². The van der Waals surface area contributed by atoms with Crippen molar-refractivity contribution in [1.82, 2.24) is 59.3 Å². The summed E-state index contributed by atoms with van der Waals surface area (Å²) in [5.41, 5.74) is 14.8. The van der Waals surface area contributed by atoms with E-state index in [2.05, 4.69) is 206 Å². The lowest BCUT2D eigenvalue weighted by Gasteiger charge is -2.24. The summed E-state index contributed by atoms with van der Waals surface area (Å²) in [5.74, 6) is -1.22. The summed E-state index contributed by atoms with van der Waals surface area (Å²) in [6, 6.07) is 50.6. The number of halogens is 4. The third-order valence-electron chi connectivity index (χ3n) is 16.9. The van der Waals surface area contributed by atoms with Crippen LogP contribution >= 0.6 is 39.8 Å². The topological polar surface area (TPSA) is 321 Å². The van der Waals surface area contributed by atoms with Crippen LogP contribution in [0.3, 0.4) is 0 Å². The number of carbonyl (C=O) groups is 6. The summed E-state index contributed by atoms with van der Waals surface area (Å²) in [6.45, 7) is 3.95. The van der Waals surface area contributed by atoms with Crippen molar-refractivity contribution < 1.29 is 37.5 Å². The van der Waals surface area contributed by atoms with Crippen LogP contribution in [-0.4, -0.2) is 144 Å². The number of fused-ring (bicyclic) bond motifs is 2. The minimum atomic E-state index is -2.11. The molecule has 111 heavy (non-hydrogen) atoms. The Kier molecular flexibility index (Phi) is 32.7. The summed E-state index contributed by atoms with van der Waals surface area (Å²) in [6.07, 6.45) is 6.09. The van der Waals surface area contributed by atoms with Crippen LogP contribution in [0.25, 0.3) is 54.5 Å². The lowest BCUT2D eigenvalue weighted by Crippen LogP contribution is -2.45. The zero-order chi connectivity index (χ0) is 77.8. The first kappa shape index (κ1) is 87.6. The number of nitrogens with zero attached hydrogens (tertiary/aromatic N) is 15. The molecule has 6 aromatic heterocycles. The predicted octanol–water partition coefficient (Wildman–Crippen LogP) is 12.2. The van der Waals surface area contributed by atoms with E-state index in [9.17, 15) is 28.8 Å². The number of aromatic nitrogens is 10. The number of rotatable bonds is 18. The minimum absolute atomic E-state index is 0. The largest absolute Gasteiger partial charge is 0.327 e. The number of pyridine rings is 2. The Balaban J connectivity index is 0.000000207. The average molecular weight is 1800 g/mol. The second-order valence-electron chi connectivity index (χ2n) is 24.4. The number of amides is 4. The van der Waals surface area contributed by atoms with Crippen LogP contribution in [0.1, 0.15) is 74.2 Å². The van der Waals surface area contributed by atoms with Gasteiger partial charge in [-0.15, -0.1) is 0 Å². The lowest BCUT2D eigenvalue weighted by molar-refractivity contribution is -0.137. The van der Waals surface area contributed by atoms with Gasteiger partial charge in [-0.25, -0.2) is 38.7 Å². The van der Waals surface area contributed by atoms with Crippen molar-refractivity contribution in [1.29, 1.82) is 0 Å². The summed E-state index contributed by atoms with van der Waals surface area (Å²) in [4.78, 5) is 109. The zero-order valence-electron chi connectivity index (χ0n) is 58.2. The molecule has 2 aliphatic heterocycles. The van der Waals surface area contributed by atoms with Crippen molar-refractivity contribution in [2.24, 2.45) is 10.8 Å². The molecule has 13 rings (SSSR count). The molecule has 4 amide bonds. The highest BCUT2D eigenvalue weighted by Crippen LogP contribution is 2.36. The van der Waals surface area contributed by atoms with Gasteiger partial charge >= 0.3 is 0 Å². The van der Waals surface area contributed by atoms with E-state index in [4.69, 9.17) is 11.3 Å². The fourth-order valence-corrected chi connectivity index (χ4v) is 25.9. The van der Waals surface area contributed by atoms with Gasteiger partial charge in [0.05, 0.1) is 30.7 Å². The van der Waals surface area contributed by atoms with Gasteiger partial charge in [-0.2, -0.15) is 10.2 Å². The van der Waals surface area contributed by atoms with Gasteiger partial charge in [-0.3, -0.25) is 38.1 Å². The van der Waals surface area contributed by atoms with Gasteiger partial charge in [-0.1, -0.05) is 135 Å². The van der Waals surface area contributed by atoms with Gasteiger partial charge in [0.1, 0.15) is 80.4 Å². The van der Waals surface area contributed by atoms with Crippen LogP contribution in [0.2, 0.25) is 0 Å². The summed E-state index contributed by atoms with van der Waals surface area (Å²) < 4.78 is 34.9. The molecule has 0 aliphatic carbocycles. The number of aryl methyl sites for hydroxylation is 2. The fourth-order valence-electron chi connectivity index (χ4n) is 11.9. The molecule has 4 N–H and O–H groups in total. The molecule has 0 bridgehead atoms. The average Bonchev–Trinajstić information content (AvgIpc) is 1.65. The SMILES string of the molecule is C.C.CC(=O)c1nn(CC(=O)N2C[C@@](F)(CN)C[C@H]2C(=O)Nc2cccc(Br)n2)c2ccc(-c3cnc(C)nc3)cc12.CC(=O)c1nn(CC(=O)N2C[C@@](F)(CN=[N+]=[N-])C[C@H]2C(=O)Nc2cccc(Br)n2)c2ccc(-c3cnc(C)nc3)cc12.S=S=S=S=S=S=S=S.c1ccc(P(c2ccccc2)c2ccccc2)cc1. The molecule has 0 unspecified atom stereocenters. The van der Waals surface area contributed by atoms with E-state index in [0.717, 1.165) is 27.2 Å². The molecule has 2 fully saturated rings. The van der Waals surface area contributed by atoms with Crippen molar-refractivity contribution in [2.45, 2.75) is 91.9 Å². The van der Waals surface area contributed by atoms with Crippen LogP contribution < -0.4 is 32.3 Å². The highest BCUT2D eigenvalue weighted by molar-refractivity contribution is 9.10. The highest BCUT2D eigenvalue weighted by atomic mass is 79.9. The number of Topliss-reactive ketones (excluding diaryl/α,β-unsaturated/α-hetero) is 2. The number of hydrogen-bond acceptors (Lipinski definition) is 18. The molecule has 0 radical (unpaired) electrons. The molecule has 4 atom stereocenters. The fraction of sp³-hybridized carbons (Fsp3) is 0.243. The molecule has 0 spiro atoms. The Labute approximate surface area is 683 Å². The predicted molar refractivity (Wildman–Crippen MR) is 461 cm³/mol. The highest BCUT2D eigenvalue weighted by Gasteiger charge is 2.50. The van der Waals surface area contributed by atoms with E-state index in [-0.39, 0.29) is 88.5 Å². The van der Waals surface area contributed by atoms with Crippen molar-refractivity contribution >= 4 is 200 Å². The molecular formula is C74H73Br2F2N18O6PS8. The lowest BCUT2D eigenvalue weighted by atomic mass is 10.0. The maximum Gasteiger partial charge on any atom is 0.248 e. The van der Waals surface area contributed by atoms with Crippen molar-refractivity contribution in [3.05, 3.63) is 231 Å². The summed E-state index contributed by atoms with van der Waals surface area (Å²) in [5, 5.41) is 22.7. The number of hydrogen-bond donors (Lipinski definition) is 3. The minimum Gasteiger partial charge on any atom is -0.327 e. The van der Waals surface area contributed by atoms with Gasteiger partial charge in [0.25, 0.3) is 0 Å². The van der Waals surface area contributed by atoms with E-state index in [1.54, 1.807) is 141 Å². The van der Waals surface area contributed by atoms with Crippen molar-refractivity contribution in [3.63, 3.8) is 0 Å². The molecule has 37 heteroatoms. The molecular weight excluding hydrogens is 1720 g/mol. The van der Waals surface area contributed by atoms with E-state index >= 15 is 8.78 Å². The standard InChI is InChI=1S/C27H24BrFN10O3.C27H26BrFN8O3.C18H15P.2CH4.S8/c1-15(40)25-19-8-17(18-10-31-16(2)32-11-18)6-7-20(19)39(36-25)12-24(41)38-14-27(29,13-33-37-30)9-21(38)26(42)35-23-5-3-4-22(28)34-23;1-15(38)25-19-8-17(18-10-31-16(2)32-11-18)6-7-20(19)37(35-25)12-24(39)36-14-27(29,13-30)9-21(36)26(40)34-23-5-3-4-22(28)33-23;1-4-10-16(11-5-1)19(17-12-6-2-7-13-17)18-14-8-3-9-15-18;;;1-3-5-7-8-6-4-2/h3-8,10-11,21H,9,12-14H2,1-2H3,(H,34,35,42);3-8,10-11,21H,9,12-14,30H2,1-2H3,(H,33,34,40);1-15H;2*1H4;/t2*21-,27-;;;;/m00..../s1. The first-order valence-electron chi connectivity index (χ1n) is 32.9. The Bertz CT molecular complexity index is 5420. The second kappa shape index (κ2) is 41.5. The van der Waals surface area contributed by atoms with Crippen LogP contribution in [0.4, 0.5) is 20.4 Å². The van der Waals surface area contributed by atoms with Crippen LogP contribution in [-0.2, 0) is 108 Å². The number of benzene rings is 5. The Hall–Kier alpha value is -9.00. The number of azide groups is 1. The summed E-state index contributed by atoms with van der Waals surface area (Å²) in [7, 11) is 8.68. The van der Waals surface area contributed by atoms with E-state index < -0.39 is 68.1 Å². The molecule has 11 aromatic rings. The molecule has 576 valence electrons. The monoisotopic (exact) mass is 1790 g/mol. The van der Waals surface area contributed by atoms with Crippen molar-refractivity contribution in [3.8, 4) is 22.3 Å². The molecule has 8 heterocycles. The van der Waals surface area contributed by atoms with Gasteiger partial charge in [-0.05, 0) is 135 Å². The Morgan fingerprint density at radius 2 is 0.946 bits per heavy atom. The zero-order valence-corrected chi connectivity index (χ0v) is 68.8. The Morgan fingerprint density at radius 1 is 0.568 bits per heavy atom. The number of nitrogens with two attached hydrogens (primary N) is 1. The van der Waals surface area contributed by atoms with E-state index in [1.165, 1.54) is 61.8 Å². The third-order valence-corrected chi connectivity index (χ3v) is 31.3. The number of ketones is 2. The summed E-state index contributed by atoms with van der Waals surface area (Å²) >= 11 is 15.7. The first-order chi connectivity index (χ1) is 52.5. The maximum absolute atomic E-state index is 15.7. The Morgan fingerprint density at radius 3 is 1.30 bits per heavy atom. The second-order valence-corrected chi connectivity index (χ2v) is 38.9. The number of carbonyl (C=O) groups excluding carboxylic acids is 6. The molecule has 5 aromatic carbocycles.